The molecule has 0 unspecified atom stereocenters. The average molecular weight is 353 g/mol. The summed E-state index contributed by atoms with van der Waals surface area (Å²) in [6, 6.07) is 6.21. The van der Waals surface area contributed by atoms with Gasteiger partial charge in [-0.15, -0.1) is 0 Å². The van der Waals surface area contributed by atoms with Crippen LogP contribution in [0.5, 0.6) is 0 Å². The van der Waals surface area contributed by atoms with Crippen molar-refractivity contribution in [3.63, 3.8) is 0 Å². The van der Waals surface area contributed by atoms with Crippen LogP contribution >= 0.6 is 0 Å². The molecule has 0 bridgehead atoms. The van der Waals surface area contributed by atoms with Crippen molar-refractivity contribution in [2.45, 2.75) is 43.0 Å². The summed E-state index contributed by atoms with van der Waals surface area (Å²) in [6.07, 6.45) is 5.04. The smallest absolute Gasteiger partial charge is 0.251 e. The van der Waals surface area contributed by atoms with Crippen molar-refractivity contribution in [3.8, 4) is 0 Å². The Morgan fingerprint density at radius 1 is 1.21 bits per heavy atom. The zero-order chi connectivity index (χ0) is 17.6. The van der Waals surface area contributed by atoms with E-state index in [2.05, 4.69) is 10.0 Å². The molecule has 1 amide bonds. The monoisotopic (exact) mass is 353 g/mol. The van der Waals surface area contributed by atoms with E-state index in [1.165, 1.54) is 18.6 Å². The van der Waals surface area contributed by atoms with Gasteiger partial charge in [-0.05, 0) is 45.1 Å². The summed E-state index contributed by atoms with van der Waals surface area (Å²) in [5.41, 5.74) is 0.361. The van der Waals surface area contributed by atoms with E-state index in [4.69, 9.17) is 0 Å². The lowest BCUT2D eigenvalue weighted by Gasteiger charge is -2.22. The Morgan fingerprint density at radius 2 is 1.92 bits per heavy atom. The molecule has 0 saturated heterocycles. The van der Waals surface area contributed by atoms with E-state index in [1.54, 1.807) is 12.1 Å². The summed E-state index contributed by atoms with van der Waals surface area (Å²) in [4.78, 5) is 14.3. The first kappa shape index (κ1) is 18.9. The minimum absolute atomic E-state index is 0.00123. The van der Waals surface area contributed by atoms with Crippen LogP contribution < -0.4 is 10.0 Å². The minimum atomic E-state index is -3.59. The second kappa shape index (κ2) is 8.60. The van der Waals surface area contributed by atoms with Crippen molar-refractivity contribution in [2.24, 2.45) is 0 Å². The van der Waals surface area contributed by atoms with Crippen LogP contribution in [0.4, 0.5) is 0 Å². The molecule has 2 N–H and O–H groups in total. The second-order valence-electron chi connectivity index (χ2n) is 6.54. The van der Waals surface area contributed by atoms with E-state index in [0.717, 1.165) is 32.2 Å². The van der Waals surface area contributed by atoms with Crippen LogP contribution in [0.3, 0.4) is 0 Å². The molecule has 1 aliphatic rings. The molecule has 0 aliphatic heterocycles. The molecule has 1 fully saturated rings. The third-order valence-electron chi connectivity index (χ3n) is 4.18. The summed E-state index contributed by atoms with van der Waals surface area (Å²) in [6.45, 7) is 1.25. The van der Waals surface area contributed by atoms with Gasteiger partial charge in [0, 0.05) is 24.7 Å². The molecule has 1 aliphatic carbocycles. The van der Waals surface area contributed by atoms with E-state index < -0.39 is 10.0 Å². The van der Waals surface area contributed by atoms with Crippen molar-refractivity contribution in [1.82, 2.24) is 14.9 Å². The van der Waals surface area contributed by atoms with Gasteiger partial charge in [-0.2, -0.15) is 0 Å². The standard InChI is InChI=1S/C17H27N3O3S/c1-20(2)12-11-18-17(21)14-7-6-10-16(13-14)24(22,23)19-15-8-4-3-5-9-15/h6-7,10,13,15,19H,3-5,8-9,11-12H2,1-2H3,(H,18,21). The van der Waals surface area contributed by atoms with Gasteiger partial charge in [-0.3, -0.25) is 4.79 Å². The number of amides is 1. The topological polar surface area (TPSA) is 78.5 Å². The van der Waals surface area contributed by atoms with E-state index in [1.807, 2.05) is 19.0 Å². The van der Waals surface area contributed by atoms with Crippen LogP contribution in [-0.2, 0) is 10.0 Å². The highest BCUT2D eigenvalue weighted by atomic mass is 32.2. The summed E-state index contributed by atoms with van der Waals surface area (Å²) in [7, 11) is 0.266. The van der Waals surface area contributed by atoms with Gasteiger partial charge in [-0.25, -0.2) is 13.1 Å². The molecule has 0 atom stereocenters. The zero-order valence-corrected chi connectivity index (χ0v) is 15.2. The number of nitrogens with zero attached hydrogens (tertiary/aromatic N) is 1. The van der Waals surface area contributed by atoms with Crippen molar-refractivity contribution < 1.29 is 13.2 Å². The summed E-state index contributed by atoms with van der Waals surface area (Å²) in [5.74, 6) is -0.258. The summed E-state index contributed by atoms with van der Waals surface area (Å²) < 4.78 is 27.8. The highest BCUT2D eigenvalue weighted by molar-refractivity contribution is 7.89. The molecule has 134 valence electrons. The fourth-order valence-electron chi connectivity index (χ4n) is 2.81. The maximum atomic E-state index is 12.5. The molecular weight excluding hydrogens is 326 g/mol. The van der Waals surface area contributed by atoms with Gasteiger partial charge in [0.05, 0.1) is 4.90 Å². The van der Waals surface area contributed by atoms with Gasteiger partial charge in [0.1, 0.15) is 0 Å². The van der Waals surface area contributed by atoms with E-state index >= 15 is 0 Å². The Kier molecular flexibility index (Phi) is 6.77. The number of likely N-dealkylation sites (N-methyl/N-ethyl adjacent to an activating group) is 1. The van der Waals surface area contributed by atoms with Crippen LogP contribution in [0, 0.1) is 0 Å². The van der Waals surface area contributed by atoms with Crippen molar-refractivity contribution in [3.05, 3.63) is 29.8 Å². The Morgan fingerprint density at radius 3 is 2.58 bits per heavy atom. The van der Waals surface area contributed by atoms with Crippen LogP contribution in [0.1, 0.15) is 42.5 Å². The minimum Gasteiger partial charge on any atom is -0.351 e. The number of sulfonamides is 1. The summed E-state index contributed by atoms with van der Waals surface area (Å²) >= 11 is 0. The van der Waals surface area contributed by atoms with Crippen molar-refractivity contribution >= 4 is 15.9 Å². The van der Waals surface area contributed by atoms with Crippen molar-refractivity contribution in [2.75, 3.05) is 27.2 Å². The fourth-order valence-corrected chi connectivity index (χ4v) is 4.16. The van der Waals surface area contributed by atoms with Gasteiger partial charge in [-0.1, -0.05) is 25.3 Å². The first-order chi connectivity index (χ1) is 11.4. The van der Waals surface area contributed by atoms with Crippen molar-refractivity contribution in [1.29, 1.82) is 0 Å². The van der Waals surface area contributed by atoms with Gasteiger partial charge in [0.2, 0.25) is 10.0 Å². The lowest BCUT2D eigenvalue weighted by molar-refractivity contribution is 0.0951. The third kappa shape index (κ3) is 5.58. The Bertz CT molecular complexity index is 653. The van der Waals surface area contributed by atoms with Crippen LogP contribution in [0.15, 0.2) is 29.2 Å². The highest BCUT2D eigenvalue weighted by Gasteiger charge is 2.22. The SMILES string of the molecule is CN(C)CCNC(=O)c1cccc(S(=O)(=O)NC2CCCCC2)c1. The maximum Gasteiger partial charge on any atom is 0.251 e. The first-order valence-corrected chi connectivity index (χ1v) is 9.92. The lowest BCUT2D eigenvalue weighted by Crippen LogP contribution is -2.36. The molecule has 24 heavy (non-hydrogen) atoms. The highest BCUT2D eigenvalue weighted by Crippen LogP contribution is 2.20. The Labute approximate surface area is 144 Å². The third-order valence-corrected chi connectivity index (χ3v) is 5.70. The zero-order valence-electron chi connectivity index (χ0n) is 14.4. The Hall–Kier alpha value is -1.44. The number of carbonyl (C=O) groups is 1. The number of carbonyl (C=O) groups excluding carboxylic acids is 1. The largest absolute Gasteiger partial charge is 0.351 e. The first-order valence-electron chi connectivity index (χ1n) is 8.44. The lowest BCUT2D eigenvalue weighted by atomic mass is 9.96. The van der Waals surface area contributed by atoms with Gasteiger partial charge in [0.25, 0.3) is 5.91 Å². The van der Waals surface area contributed by atoms with Gasteiger partial charge in [0.15, 0.2) is 0 Å². The normalized spacial score (nSPS) is 16.3. The molecular formula is C17H27N3O3S. The second-order valence-corrected chi connectivity index (χ2v) is 8.26. The number of benzene rings is 1. The molecule has 0 aromatic heterocycles. The van der Waals surface area contributed by atoms with E-state index in [0.29, 0.717) is 12.1 Å². The molecule has 0 heterocycles. The number of rotatable bonds is 7. The Balaban J connectivity index is 2.03. The van der Waals surface area contributed by atoms with E-state index in [-0.39, 0.29) is 16.8 Å². The molecule has 0 radical (unpaired) electrons. The van der Waals surface area contributed by atoms with Gasteiger partial charge >= 0.3 is 0 Å². The molecule has 1 aromatic carbocycles. The number of hydrogen-bond donors (Lipinski definition) is 2. The molecule has 1 aromatic rings. The van der Waals surface area contributed by atoms with Crippen LogP contribution in [0.2, 0.25) is 0 Å². The van der Waals surface area contributed by atoms with Crippen LogP contribution in [0.25, 0.3) is 0 Å². The fraction of sp³-hybridized carbons (Fsp3) is 0.588. The molecule has 2 rings (SSSR count). The number of hydrogen-bond acceptors (Lipinski definition) is 4. The molecule has 0 spiro atoms. The predicted molar refractivity (Wildman–Crippen MR) is 94.5 cm³/mol. The predicted octanol–water partition coefficient (Wildman–Crippen LogP) is 1.59. The molecule has 7 heteroatoms. The van der Waals surface area contributed by atoms with Crippen LogP contribution in [-0.4, -0.2) is 52.5 Å². The quantitative estimate of drug-likeness (QED) is 0.780. The maximum absolute atomic E-state index is 12.5. The van der Waals surface area contributed by atoms with Gasteiger partial charge < -0.3 is 10.2 Å². The molecule has 1 saturated carbocycles. The number of nitrogens with one attached hydrogen (secondary N) is 2. The average Bonchev–Trinajstić information content (AvgIpc) is 2.55. The summed E-state index contributed by atoms with van der Waals surface area (Å²) in [5, 5.41) is 2.79. The molecule has 6 nitrogen and oxygen atoms in total. The van der Waals surface area contributed by atoms with E-state index in [9.17, 15) is 13.2 Å².